The summed E-state index contributed by atoms with van der Waals surface area (Å²) in [4.78, 5) is 2.20. The standard InChI is InChI=1S/C11H15FN2/c1-8-5-9(3-4-11(8)12)14(2)10-6-13-7-10/h3-5,10,13H,6-7H2,1-2H3. The van der Waals surface area contributed by atoms with E-state index < -0.39 is 0 Å². The Kier molecular flexibility index (Phi) is 2.42. The fraction of sp³-hybridized carbons (Fsp3) is 0.455. The van der Waals surface area contributed by atoms with Crippen LogP contribution < -0.4 is 10.2 Å². The lowest BCUT2D eigenvalue weighted by molar-refractivity contribution is 0.428. The van der Waals surface area contributed by atoms with E-state index in [1.807, 2.05) is 12.1 Å². The second kappa shape index (κ2) is 3.58. The van der Waals surface area contributed by atoms with E-state index in [2.05, 4.69) is 17.3 Å². The van der Waals surface area contributed by atoms with Crippen LogP contribution in [0.4, 0.5) is 10.1 Å². The molecule has 0 radical (unpaired) electrons. The predicted molar refractivity (Wildman–Crippen MR) is 56.2 cm³/mol. The summed E-state index contributed by atoms with van der Waals surface area (Å²) in [5, 5.41) is 3.22. The molecular weight excluding hydrogens is 179 g/mol. The summed E-state index contributed by atoms with van der Waals surface area (Å²) >= 11 is 0. The summed E-state index contributed by atoms with van der Waals surface area (Å²) in [5.41, 5.74) is 1.80. The molecule has 0 spiro atoms. The van der Waals surface area contributed by atoms with Crippen LogP contribution in [0, 0.1) is 12.7 Å². The highest BCUT2D eigenvalue weighted by Crippen LogP contribution is 2.20. The van der Waals surface area contributed by atoms with Crippen molar-refractivity contribution >= 4 is 5.69 Å². The number of aryl methyl sites for hydroxylation is 1. The first-order valence-electron chi connectivity index (χ1n) is 4.88. The molecule has 1 heterocycles. The van der Waals surface area contributed by atoms with Gasteiger partial charge in [-0.1, -0.05) is 0 Å². The van der Waals surface area contributed by atoms with Gasteiger partial charge in [0.2, 0.25) is 0 Å². The van der Waals surface area contributed by atoms with Gasteiger partial charge >= 0.3 is 0 Å². The third-order valence-electron chi connectivity index (χ3n) is 2.86. The van der Waals surface area contributed by atoms with Gasteiger partial charge in [0.1, 0.15) is 5.82 Å². The quantitative estimate of drug-likeness (QED) is 0.768. The molecule has 0 aromatic heterocycles. The number of hydrogen-bond donors (Lipinski definition) is 1. The predicted octanol–water partition coefficient (Wildman–Crippen LogP) is 1.54. The summed E-state index contributed by atoms with van der Waals surface area (Å²) in [6, 6.07) is 5.82. The fourth-order valence-electron chi connectivity index (χ4n) is 1.61. The van der Waals surface area contributed by atoms with Crippen LogP contribution in [0.5, 0.6) is 0 Å². The molecular formula is C11H15FN2. The lowest BCUT2D eigenvalue weighted by Crippen LogP contribution is -2.56. The van der Waals surface area contributed by atoms with Gasteiger partial charge in [0, 0.05) is 25.8 Å². The first-order chi connectivity index (χ1) is 6.68. The molecule has 0 saturated carbocycles. The first-order valence-corrected chi connectivity index (χ1v) is 4.88. The molecule has 1 aromatic carbocycles. The molecule has 1 aliphatic rings. The zero-order valence-corrected chi connectivity index (χ0v) is 8.55. The molecule has 0 unspecified atom stereocenters. The molecule has 0 bridgehead atoms. The zero-order valence-electron chi connectivity index (χ0n) is 8.55. The van der Waals surface area contributed by atoms with Crippen LogP contribution >= 0.6 is 0 Å². The number of benzene rings is 1. The average Bonchev–Trinajstić information content (AvgIpc) is 2.06. The third kappa shape index (κ3) is 1.60. The third-order valence-corrected chi connectivity index (χ3v) is 2.86. The van der Waals surface area contributed by atoms with E-state index in [1.54, 1.807) is 6.92 Å². The van der Waals surface area contributed by atoms with Gasteiger partial charge in [-0.2, -0.15) is 0 Å². The van der Waals surface area contributed by atoms with E-state index in [4.69, 9.17) is 0 Å². The van der Waals surface area contributed by atoms with Crippen LogP contribution in [-0.4, -0.2) is 26.2 Å². The molecule has 3 heteroatoms. The monoisotopic (exact) mass is 194 g/mol. The Labute approximate surface area is 83.7 Å². The normalized spacial score (nSPS) is 16.5. The van der Waals surface area contributed by atoms with Crippen LogP contribution in [0.25, 0.3) is 0 Å². The van der Waals surface area contributed by atoms with Crippen molar-refractivity contribution in [2.75, 3.05) is 25.0 Å². The second-order valence-corrected chi connectivity index (χ2v) is 3.86. The molecule has 0 aliphatic carbocycles. The largest absolute Gasteiger partial charge is 0.369 e. The minimum Gasteiger partial charge on any atom is -0.369 e. The topological polar surface area (TPSA) is 15.3 Å². The molecule has 1 aliphatic heterocycles. The van der Waals surface area contributed by atoms with Crippen molar-refractivity contribution in [2.45, 2.75) is 13.0 Å². The SMILES string of the molecule is Cc1cc(N(C)C2CNC2)ccc1F. The Morgan fingerprint density at radius 1 is 1.43 bits per heavy atom. The van der Waals surface area contributed by atoms with Gasteiger partial charge in [-0.15, -0.1) is 0 Å². The maximum Gasteiger partial charge on any atom is 0.126 e. The van der Waals surface area contributed by atoms with Gasteiger partial charge in [0.25, 0.3) is 0 Å². The molecule has 0 amide bonds. The fourth-order valence-corrected chi connectivity index (χ4v) is 1.61. The van der Waals surface area contributed by atoms with E-state index in [0.29, 0.717) is 11.6 Å². The lowest BCUT2D eigenvalue weighted by Gasteiger charge is -2.37. The highest BCUT2D eigenvalue weighted by Gasteiger charge is 2.21. The van der Waals surface area contributed by atoms with Crippen molar-refractivity contribution in [1.82, 2.24) is 5.32 Å². The number of hydrogen-bond acceptors (Lipinski definition) is 2. The van der Waals surface area contributed by atoms with E-state index in [0.717, 1.165) is 18.8 Å². The van der Waals surface area contributed by atoms with Gasteiger partial charge in [-0.3, -0.25) is 0 Å². The summed E-state index contributed by atoms with van der Waals surface area (Å²) in [5.74, 6) is -0.131. The van der Waals surface area contributed by atoms with Crippen molar-refractivity contribution in [3.8, 4) is 0 Å². The Bertz CT molecular complexity index is 334. The minimum absolute atomic E-state index is 0.131. The number of likely N-dealkylation sites (N-methyl/N-ethyl adjacent to an activating group) is 1. The summed E-state index contributed by atoms with van der Waals surface area (Å²) in [6.07, 6.45) is 0. The average molecular weight is 194 g/mol. The van der Waals surface area contributed by atoms with Gasteiger partial charge < -0.3 is 10.2 Å². The van der Waals surface area contributed by atoms with Crippen LogP contribution in [0.3, 0.4) is 0 Å². The smallest absolute Gasteiger partial charge is 0.126 e. The van der Waals surface area contributed by atoms with E-state index in [9.17, 15) is 4.39 Å². The first kappa shape index (κ1) is 9.46. The molecule has 14 heavy (non-hydrogen) atoms. The zero-order chi connectivity index (χ0) is 10.1. The van der Waals surface area contributed by atoms with Crippen LogP contribution in [-0.2, 0) is 0 Å². The summed E-state index contributed by atoms with van der Waals surface area (Å²) in [6.45, 7) is 3.84. The van der Waals surface area contributed by atoms with E-state index >= 15 is 0 Å². The number of rotatable bonds is 2. The summed E-state index contributed by atoms with van der Waals surface area (Å²) < 4.78 is 13.0. The number of nitrogens with zero attached hydrogens (tertiary/aromatic N) is 1. The van der Waals surface area contributed by atoms with Crippen LogP contribution in [0.2, 0.25) is 0 Å². The maximum atomic E-state index is 13.0. The molecule has 76 valence electrons. The Morgan fingerprint density at radius 2 is 2.14 bits per heavy atom. The summed E-state index contributed by atoms with van der Waals surface area (Å²) in [7, 11) is 2.05. The second-order valence-electron chi connectivity index (χ2n) is 3.86. The minimum atomic E-state index is -0.131. The maximum absolute atomic E-state index is 13.0. The Morgan fingerprint density at radius 3 is 2.64 bits per heavy atom. The van der Waals surface area contributed by atoms with Gasteiger partial charge in [0.15, 0.2) is 0 Å². The molecule has 1 saturated heterocycles. The number of halogens is 1. The lowest BCUT2D eigenvalue weighted by atomic mass is 10.1. The van der Waals surface area contributed by atoms with Crippen molar-refractivity contribution in [3.05, 3.63) is 29.6 Å². The van der Waals surface area contributed by atoms with E-state index in [1.165, 1.54) is 6.07 Å². The highest BCUT2D eigenvalue weighted by atomic mass is 19.1. The van der Waals surface area contributed by atoms with Crippen molar-refractivity contribution in [3.63, 3.8) is 0 Å². The molecule has 0 atom stereocenters. The van der Waals surface area contributed by atoms with Crippen LogP contribution in [0.15, 0.2) is 18.2 Å². The van der Waals surface area contributed by atoms with Crippen LogP contribution in [0.1, 0.15) is 5.56 Å². The molecule has 1 aromatic rings. The van der Waals surface area contributed by atoms with Gasteiger partial charge in [-0.25, -0.2) is 4.39 Å². The van der Waals surface area contributed by atoms with Crippen molar-refractivity contribution in [1.29, 1.82) is 0 Å². The highest BCUT2D eigenvalue weighted by molar-refractivity contribution is 5.49. The van der Waals surface area contributed by atoms with Gasteiger partial charge in [0.05, 0.1) is 6.04 Å². The van der Waals surface area contributed by atoms with E-state index in [-0.39, 0.29) is 5.82 Å². The Hall–Kier alpha value is -1.09. The van der Waals surface area contributed by atoms with Crippen molar-refractivity contribution < 1.29 is 4.39 Å². The Balaban J connectivity index is 2.18. The molecule has 2 nitrogen and oxygen atoms in total. The molecule has 1 N–H and O–H groups in total. The molecule has 2 rings (SSSR count). The number of nitrogens with one attached hydrogen (secondary N) is 1. The molecule has 1 fully saturated rings. The van der Waals surface area contributed by atoms with Gasteiger partial charge in [-0.05, 0) is 30.7 Å². The number of anilines is 1. The van der Waals surface area contributed by atoms with Crippen molar-refractivity contribution in [2.24, 2.45) is 0 Å².